The lowest BCUT2D eigenvalue weighted by Gasteiger charge is -2.17. The summed E-state index contributed by atoms with van der Waals surface area (Å²) < 4.78 is 31.7. The van der Waals surface area contributed by atoms with E-state index in [2.05, 4.69) is 0 Å². The monoisotopic (exact) mass is 463 g/mol. The summed E-state index contributed by atoms with van der Waals surface area (Å²) in [6.45, 7) is 6.88. The fraction of sp³-hybridized carbons (Fsp3) is 0.333. The van der Waals surface area contributed by atoms with Crippen molar-refractivity contribution in [3.05, 3.63) is 68.8 Å². The third-order valence-corrected chi connectivity index (χ3v) is 6.39. The van der Waals surface area contributed by atoms with Crippen molar-refractivity contribution in [1.82, 2.24) is 4.72 Å². The van der Waals surface area contributed by atoms with Crippen molar-refractivity contribution in [3.63, 3.8) is 0 Å². The molecular formula is C21H25N3O7S. The van der Waals surface area contributed by atoms with Crippen LogP contribution in [0.15, 0.2) is 41.3 Å². The molecule has 0 spiro atoms. The molecule has 11 heteroatoms. The van der Waals surface area contributed by atoms with E-state index in [1.165, 1.54) is 12.1 Å². The number of ether oxygens (including phenoxy) is 1. The highest BCUT2D eigenvalue weighted by Crippen LogP contribution is 2.23. The zero-order valence-electron chi connectivity index (χ0n) is 18.1. The Kier molecular flexibility index (Phi) is 7.83. The van der Waals surface area contributed by atoms with Crippen molar-refractivity contribution in [2.45, 2.75) is 51.1 Å². The minimum absolute atomic E-state index is 0.139. The number of nitrogens with zero attached hydrogens (tertiary/aromatic N) is 1. The van der Waals surface area contributed by atoms with E-state index in [9.17, 15) is 28.1 Å². The van der Waals surface area contributed by atoms with Crippen molar-refractivity contribution in [3.8, 4) is 0 Å². The van der Waals surface area contributed by atoms with Gasteiger partial charge in [0.2, 0.25) is 10.0 Å². The smallest absolute Gasteiger partial charge is 0.331 e. The molecule has 0 aliphatic heterocycles. The van der Waals surface area contributed by atoms with Gasteiger partial charge in [0.05, 0.1) is 4.92 Å². The molecule has 0 saturated carbocycles. The largest absolute Gasteiger partial charge is 0.391 e. The molecule has 32 heavy (non-hydrogen) atoms. The zero-order chi connectivity index (χ0) is 24.2. The van der Waals surface area contributed by atoms with Gasteiger partial charge in [-0.05, 0) is 56.9 Å². The summed E-state index contributed by atoms with van der Waals surface area (Å²) in [5.41, 5.74) is 9.07. The topological polar surface area (TPSA) is 159 Å². The molecule has 0 aliphatic carbocycles. The predicted octanol–water partition coefficient (Wildman–Crippen LogP) is 1.83. The van der Waals surface area contributed by atoms with Crippen molar-refractivity contribution < 1.29 is 27.7 Å². The zero-order valence-corrected chi connectivity index (χ0v) is 18.9. The number of hydrogen-bond donors (Lipinski definition) is 2. The summed E-state index contributed by atoms with van der Waals surface area (Å²) in [6.07, 6.45) is 0.139. The molecule has 0 saturated heterocycles. The molecule has 2 aromatic rings. The normalized spacial score (nSPS) is 13.3. The second kappa shape index (κ2) is 9.98. The van der Waals surface area contributed by atoms with Crippen molar-refractivity contribution in [2.75, 3.05) is 0 Å². The number of aryl methyl sites for hydroxylation is 3. The Labute approximate surface area is 186 Å². The molecule has 2 atom stereocenters. The number of nitro benzene ring substituents is 1. The number of hydrogen-bond acceptors (Lipinski definition) is 8. The van der Waals surface area contributed by atoms with E-state index >= 15 is 0 Å². The van der Waals surface area contributed by atoms with Gasteiger partial charge in [0.25, 0.3) is 5.69 Å². The first-order chi connectivity index (χ1) is 14.8. The van der Waals surface area contributed by atoms with Crippen LogP contribution in [0.5, 0.6) is 0 Å². The van der Waals surface area contributed by atoms with Gasteiger partial charge >= 0.3 is 11.9 Å². The van der Waals surface area contributed by atoms with Crippen LogP contribution in [0.1, 0.15) is 29.2 Å². The van der Waals surface area contributed by atoms with Crippen LogP contribution < -0.4 is 10.5 Å². The van der Waals surface area contributed by atoms with Gasteiger partial charge < -0.3 is 10.5 Å². The molecule has 10 nitrogen and oxygen atoms in total. The minimum Gasteiger partial charge on any atom is -0.391 e. The first kappa shape index (κ1) is 25.1. The molecule has 0 unspecified atom stereocenters. The number of nitro groups is 1. The summed E-state index contributed by atoms with van der Waals surface area (Å²) in [6, 6.07) is 5.95. The Morgan fingerprint density at radius 2 is 1.69 bits per heavy atom. The van der Waals surface area contributed by atoms with Crippen molar-refractivity contribution in [1.29, 1.82) is 0 Å². The van der Waals surface area contributed by atoms with Gasteiger partial charge in [-0.25, -0.2) is 18.0 Å². The Bertz CT molecular complexity index is 1140. The van der Waals surface area contributed by atoms with E-state index in [0.717, 1.165) is 41.3 Å². The Hall–Kier alpha value is -3.15. The number of para-hydroxylation sites is 1. The standard InChI is InChI=1S/C21H25N3O7S/c1-12-9-13(2)16(14(3)10-12)11-17(22)21(26)31-20(25)15(4)23-32(29,30)19-8-6-5-7-18(19)24(27)28/h5-10,15,17,23H,11,22H2,1-4H3/t15-,17-/m0/s1. The van der Waals surface area contributed by atoms with E-state index < -0.39 is 49.6 Å². The number of benzene rings is 2. The van der Waals surface area contributed by atoms with Crippen LogP contribution in [-0.4, -0.2) is 37.4 Å². The fourth-order valence-electron chi connectivity index (χ4n) is 3.28. The third kappa shape index (κ3) is 5.96. The molecule has 2 rings (SSSR count). The lowest BCUT2D eigenvalue weighted by molar-refractivity contribution is -0.387. The molecule has 2 aromatic carbocycles. The number of nitrogens with one attached hydrogen (secondary N) is 1. The van der Waals surface area contributed by atoms with Gasteiger partial charge in [-0.3, -0.25) is 10.1 Å². The van der Waals surface area contributed by atoms with Gasteiger partial charge in [0, 0.05) is 6.07 Å². The maximum absolute atomic E-state index is 12.5. The van der Waals surface area contributed by atoms with Crippen LogP contribution in [0.4, 0.5) is 5.69 Å². The molecule has 0 bridgehead atoms. The third-order valence-electron chi connectivity index (χ3n) is 4.81. The SMILES string of the molecule is Cc1cc(C)c(C[C@H](N)C(=O)OC(=O)[C@H](C)NS(=O)(=O)c2ccccc2[N+](=O)[O-])c(C)c1. The molecule has 0 aromatic heterocycles. The van der Waals surface area contributed by atoms with E-state index in [-0.39, 0.29) is 6.42 Å². The Morgan fingerprint density at radius 3 is 2.25 bits per heavy atom. The number of sulfonamides is 1. The average molecular weight is 464 g/mol. The maximum atomic E-state index is 12.5. The fourth-order valence-corrected chi connectivity index (χ4v) is 4.64. The highest BCUT2D eigenvalue weighted by molar-refractivity contribution is 7.89. The van der Waals surface area contributed by atoms with Crippen LogP contribution in [0.25, 0.3) is 0 Å². The molecule has 3 N–H and O–H groups in total. The minimum atomic E-state index is -4.44. The summed E-state index contributed by atoms with van der Waals surface area (Å²) in [5.74, 6) is -2.18. The van der Waals surface area contributed by atoms with Crippen LogP contribution in [0.2, 0.25) is 0 Å². The number of esters is 2. The van der Waals surface area contributed by atoms with Gasteiger partial charge in [-0.1, -0.05) is 29.8 Å². The van der Waals surface area contributed by atoms with Gasteiger partial charge in [0.15, 0.2) is 4.90 Å². The summed E-state index contributed by atoms with van der Waals surface area (Å²) in [7, 11) is -4.44. The summed E-state index contributed by atoms with van der Waals surface area (Å²) in [4.78, 5) is 34.2. The number of carbonyl (C=O) groups is 2. The van der Waals surface area contributed by atoms with Crippen molar-refractivity contribution >= 4 is 27.6 Å². The first-order valence-electron chi connectivity index (χ1n) is 9.67. The molecule has 0 amide bonds. The number of rotatable bonds is 8. The molecule has 0 radical (unpaired) electrons. The highest BCUT2D eigenvalue weighted by Gasteiger charge is 2.31. The van der Waals surface area contributed by atoms with E-state index in [1.807, 2.05) is 37.6 Å². The van der Waals surface area contributed by atoms with Crippen LogP contribution in [0.3, 0.4) is 0 Å². The second-order valence-corrected chi connectivity index (χ2v) is 9.18. The predicted molar refractivity (Wildman–Crippen MR) is 116 cm³/mol. The number of carbonyl (C=O) groups excluding carboxylic acids is 2. The van der Waals surface area contributed by atoms with Crippen LogP contribution in [0, 0.1) is 30.9 Å². The summed E-state index contributed by atoms with van der Waals surface area (Å²) in [5, 5.41) is 11.1. The van der Waals surface area contributed by atoms with Gasteiger partial charge in [0.1, 0.15) is 12.1 Å². The van der Waals surface area contributed by atoms with Crippen LogP contribution >= 0.6 is 0 Å². The van der Waals surface area contributed by atoms with Gasteiger partial charge in [-0.15, -0.1) is 0 Å². The molecular weight excluding hydrogens is 438 g/mol. The molecule has 0 heterocycles. The van der Waals surface area contributed by atoms with Gasteiger partial charge in [-0.2, -0.15) is 4.72 Å². The summed E-state index contributed by atoms with van der Waals surface area (Å²) >= 11 is 0. The molecule has 172 valence electrons. The quantitative estimate of drug-likeness (QED) is 0.260. The average Bonchev–Trinajstić information content (AvgIpc) is 2.69. The van der Waals surface area contributed by atoms with Crippen LogP contribution in [-0.2, 0) is 30.8 Å². The van der Waals surface area contributed by atoms with E-state index in [1.54, 1.807) is 0 Å². The van der Waals surface area contributed by atoms with E-state index in [0.29, 0.717) is 0 Å². The first-order valence-corrected chi connectivity index (χ1v) is 11.2. The maximum Gasteiger partial charge on any atom is 0.331 e. The number of nitrogens with two attached hydrogens (primary N) is 1. The lowest BCUT2D eigenvalue weighted by Crippen LogP contribution is -2.43. The van der Waals surface area contributed by atoms with E-state index in [4.69, 9.17) is 10.5 Å². The highest BCUT2D eigenvalue weighted by atomic mass is 32.2. The molecule has 0 aliphatic rings. The Balaban J connectivity index is 2.07. The van der Waals surface area contributed by atoms with Crippen molar-refractivity contribution in [2.24, 2.45) is 5.73 Å². The second-order valence-electron chi connectivity index (χ2n) is 7.50. The lowest BCUT2D eigenvalue weighted by atomic mass is 9.95. The Morgan fingerprint density at radius 1 is 1.12 bits per heavy atom. The molecule has 0 fully saturated rings.